The molecule has 4 atom stereocenters. The Kier molecular flexibility index (Phi) is 4.62. The lowest BCUT2D eigenvalue weighted by molar-refractivity contribution is 0.0469. The van der Waals surface area contributed by atoms with Gasteiger partial charge in [0.05, 0.1) is 18.3 Å². The molecule has 3 nitrogen and oxygen atoms in total. The summed E-state index contributed by atoms with van der Waals surface area (Å²) in [4.78, 5) is 0. The Morgan fingerprint density at radius 1 is 1.12 bits per heavy atom. The van der Waals surface area contributed by atoms with E-state index in [1.165, 1.54) is 32.1 Å². The van der Waals surface area contributed by atoms with Crippen molar-refractivity contribution in [3.63, 3.8) is 0 Å². The molecule has 2 N–H and O–H groups in total. The zero-order chi connectivity index (χ0) is 11.4. The van der Waals surface area contributed by atoms with Crippen LogP contribution in [0.25, 0.3) is 0 Å². The third-order valence-electron chi connectivity index (χ3n) is 3.97. The molecule has 1 saturated carbocycles. The SMILES string of the molecule is CC1CCC(CNCC2CCCCC2O)O1. The molecular weight excluding hydrogens is 202 g/mol. The van der Waals surface area contributed by atoms with E-state index in [4.69, 9.17) is 4.74 Å². The fourth-order valence-electron chi connectivity index (χ4n) is 2.89. The minimum absolute atomic E-state index is 0.0790. The molecule has 3 heteroatoms. The van der Waals surface area contributed by atoms with Crippen molar-refractivity contribution in [3.05, 3.63) is 0 Å². The first-order valence-corrected chi connectivity index (χ1v) is 6.80. The van der Waals surface area contributed by atoms with Crippen LogP contribution in [0.15, 0.2) is 0 Å². The standard InChI is InChI=1S/C13H25NO2/c1-10-6-7-12(16-10)9-14-8-11-4-2-3-5-13(11)15/h10-15H,2-9H2,1H3. The van der Waals surface area contributed by atoms with E-state index < -0.39 is 0 Å². The van der Waals surface area contributed by atoms with Crippen molar-refractivity contribution in [3.8, 4) is 0 Å². The Morgan fingerprint density at radius 3 is 2.62 bits per heavy atom. The van der Waals surface area contributed by atoms with Gasteiger partial charge in [0, 0.05) is 13.1 Å². The molecule has 0 amide bonds. The topological polar surface area (TPSA) is 41.5 Å². The summed E-state index contributed by atoms with van der Waals surface area (Å²) in [5, 5.41) is 13.3. The smallest absolute Gasteiger partial charge is 0.0704 e. The Bertz CT molecular complexity index is 210. The molecule has 0 radical (unpaired) electrons. The van der Waals surface area contributed by atoms with Crippen LogP contribution in [0, 0.1) is 5.92 Å². The zero-order valence-electron chi connectivity index (χ0n) is 10.3. The first kappa shape index (κ1) is 12.3. The number of hydrogen-bond donors (Lipinski definition) is 2. The van der Waals surface area contributed by atoms with Crippen molar-refractivity contribution in [2.24, 2.45) is 5.92 Å². The minimum atomic E-state index is -0.0790. The average Bonchev–Trinajstić information content (AvgIpc) is 2.67. The van der Waals surface area contributed by atoms with Crippen molar-refractivity contribution in [1.82, 2.24) is 5.32 Å². The number of hydrogen-bond acceptors (Lipinski definition) is 3. The largest absolute Gasteiger partial charge is 0.393 e. The summed E-state index contributed by atoms with van der Waals surface area (Å²) in [5.41, 5.74) is 0. The average molecular weight is 227 g/mol. The van der Waals surface area contributed by atoms with Crippen LogP contribution in [-0.4, -0.2) is 36.5 Å². The zero-order valence-corrected chi connectivity index (χ0v) is 10.3. The molecule has 2 fully saturated rings. The lowest BCUT2D eigenvalue weighted by Crippen LogP contribution is -2.37. The maximum absolute atomic E-state index is 9.83. The van der Waals surface area contributed by atoms with Gasteiger partial charge in [0.1, 0.15) is 0 Å². The van der Waals surface area contributed by atoms with Gasteiger partial charge in [-0.1, -0.05) is 12.8 Å². The Labute approximate surface area is 98.6 Å². The van der Waals surface area contributed by atoms with Gasteiger partial charge in [0.15, 0.2) is 0 Å². The van der Waals surface area contributed by atoms with Crippen LogP contribution in [0.2, 0.25) is 0 Å². The van der Waals surface area contributed by atoms with E-state index in [0.717, 1.165) is 19.5 Å². The Balaban J connectivity index is 1.60. The van der Waals surface area contributed by atoms with Gasteiger partial charge >= 0.3 is 0 Å². The molecule has 1 aliphatic carbocycles. The third-order valence-corrected chi connectivity index (χ3v) is 3.97. The van der Waals surface area contributed by atoms with Gasteiger partial charge in [-0.2, -0.15) is 0 Å². The lowest BCUT2D eigenvalue weighted by Gasteiger charge is -2.28. The van der Waals surface area contributed by atoms with E-state index in [1.807, 2.05) is 0 Å². The van der Waals surface area contributed by atoms with Gasteiger partial charge in [-0.3, -0.25) is 0 Å². The first-order valence-electron chi connectivity index (χ1n) is 6.80. The summed E-state index contributed by atoms with van der Waals surface area (Å²) >= 11 is 0. The predicted molar refractivity (Wildman–Crippen MR) is 64.4 cm³/mol. The second kappa shape index (κ2) is 5.99. The predicted octanol–water partition coefficient (Wildman–Crippen LogP) is 1.69. The first-order chi connectivity index (χ1) is 7.75. The number of aliphatic hydroxyl groups excluding tert-OH is 1. The van der Waals surface area contributed by atoms with E-state index in [9.17, 15) is 5.11 Å². The molecule has 2 rings (SSSR count). The minimum Gasteiger partial charge on any atom is -0.393 e. The van der Waals surface area contributed by atoms with Gasteiger partial charge in [0.2, 0.25) is 0 Å². The molecule has 0 spiro atoms. The highest BCUT2D eigenvalue weighted by Crippen LogP contribution is 2.24. The van der Waals surface area contributed by atoms with Crippen LogP contribution in [-0.2, 0) is 4.74 Å². The summed E-state index contributed by atoms with van der Waals surface area (Å²) in [6.45, 7) is 4.05. The van der Waals surface area contributed by atoms with Crippen molar-refractivity contribution < 1.29 is 9.84 Å². The molecule has 1 heterocycles. The van der Waals surface area contributed by atoms with Crippen LogP contribution in [0.1, 0.15) is 45.4 Å². The van der Waals surface area contributed by atoms with Crippen LogP contribution >= 0.6 is 0 Å². The van der Waals surface area contributed by atoms with Crippen LogP contribution in [0.3, 0.4) is 0 Å². The summed E-state index contributed by atoms with van der Waals surface area (Å²) in [7, 11) is 0. The second-order valence-electron chi connectivity index (χ2n) is 5.42. The Hall–Kier alpha value is -0.120. The molecule has 16 heavy (non-hydrogen) atoms. The van der Waals surface area contributed by atoms with Crippen LogP contribution in [0.5, 0.6) is 0 Å². The fourth-order valence-corrected chi connectivity index (χ4v) is 2.89. The highest BCUT2D eigenvalue weighted by Gasteiger charge is 2.24. The molecule has 1 aliphatic heterocycles. The fraction of sp³-hybridized carbons (Fsp3) is 1.00. The van der Waals surface area contributed by atoms with E-state index in [0.29, 0.717) is 18.1 Å². The van der Waals surface area contributed by atoms with Crippen molar-refractivity contribution in [2.75, 3.05) is 13.1 Å². The molecule has 2 aliphatic rings. The van der Waals surface area contributed by atoms with Crippen LogP contribution < -0.4 is 5.32 Å². The highest BCUT2D eigenvalue weighted by atomic mass is 16.5. The van der Waals surface area contributed by atoms with Gasteiger partial charge < -0.3 is 15.2 Å². The van der Waals surface area contributed by atoms with Gasteiger partial charge in [-0.15, -0.1) is 0 Å². The maximum Gasteiger partial charge on any atom is 0.0704 e. The van der Waals surface area contributed by atoms with Gasteiger partial charge in [-0.05, 0) is 38.5 Å². The van der Waals surface area contributed by atoms with Crippen LogP contribution in [0.4, 0.5) is 0 Å². The molecule has 1 saturated heterocycles. The lowest BCUT2D eigenvalue weighted by atomic mass is 9.86. The summed E-state index contributed by atoms with van der Waals surface area (Å²) in [6, 6.07) is 0. The highest BCUT2D eigenvalue weighted by molar-refractivity contribution is 4.78. The van der Waals surface area contributed by atoms with E-state index in [1.54, 1.807) is 0 Å². The molecule has 0 aromatic rings. The number of nitrogens with one attached hydrogen (secondary N) is 1. The van der Waals surface area contributed by atoms with E-state index >= 15 is 0 Å². The maximum atomic E-state index is 9.83. The second-order valence-corrected chi connectivity index (χ2v) is 5.42. The molecule has 4 unspecified atom stereocenters. The van der Waals surface area contributed by atoms with Crippen molar-refractivity contribution in [2.45, 2.75) is 63.8 Å². The summed E-state index contributed by atoms with van der Waals surface area (Å²) in [5.74, 6) is 0.465. The van der Waals surface area contributed by atoms with Gasteiger partial charge in [0.25, 0.3) is 0 Å². The third kappa shape index (κ3) is 3.44. The monoisotopic (exact) mass is 227 g/mol. The molecular formula is C13H25NO2. The summed E-state index contributed by atoms with van der Waals surface area (Å²) < 4.78 is 5.75. The molecule has 94 valence electrons. The number of rotatable bonds is 4. The molecule has 0 aromatic heterocycles. The number of aliphatic hydroxyl groups is 1. The van der Waals surface area contributed by atoms with Gasteiger partial charge in [-0.25, -0.2) is 0 Å². The number of ether oxygens (including phenoxy) is 1. The Morgan fingerprint density at radius 2 is 1.94 bits per heavy atom. The van der Waals surface area contributed by atoms with Crippen molar-refractivity contribution in [1.29, 1.82) is 0 Å². The van der Waals surface area contributed by atoms with E-state index in [2.05, 4.69) is 12.2 Å². The molecule has 0 aromatic carbocycles. The normalized spacial score (nSPS) is 40.1. The summed E-state index contributed by atoms with van der Waals surface area (Å²) in [6.07, 6.45) is 7.77. The van der Waals surface area contributed by atoms with Crippen molar-refractivity contribution >= 4 is 0 Å². The molecule has 0 bridgehead atoms. The van der Waals surface area contributed by atoms with E-state index in [-0.39, 0.29) is 6.10 Å². The quantitative estimate of drug-likeness (QED) is 0.768.